The molecule has 7 nitrogen and oxygen atoms in total. The van der Waals surface area contributed by atoms with E-state index in [0.717, 1.165) is 22.3 Å². The van der Waals surface area contributed by atoms with Crippen molar-refractivity contribution >= 4 is 11.6 Å². The van der Waals surface area contributed by atoms with E-state index in [1.807, 2.05) is 55.5 Å². The standard InChI is InChI=1S/C36H39FO7/c1-33-13-12-26(40)16-25(33)10-11-27-28-17-31-36(30(42)20-39,34(28,2)18-29(41)35(27,33)37)44-32(43-31)23-9-5-6-21(15-23)14-22-7-3-4-8-24(22)19-38/h3-9,12-13,15-16,27-29,31-32,38-39,41H,10-11,14,17-20H2,1-2H3/t27-,28-,29-,31+,32+,33-,34-,35-,36+/m0/s1. The van der Waals surface area contributed by atoms with E-state index in [2.05, 4.69) is 0 Å². The van der Waals surface area contributed by atoms with E-state index in [9.17, 15) is 24.9 Å². The summed E-state index contributed by atoms with van der Waals surface area (Å²) in [7, 11) is 0. The van der Waals surface area contributed by atoms with Gasteiger partial charge in [0.15, 0.2) is 29.1 Å². The number of carbonyl (C=O) groups excluding carboxylic acids is 2. The molecule has 0 bridgehead atoms. The number of hydrogen-bond donors (Lipinski definition) is 3. The number of aliphatic hydroxyl groups is 3. The zero-order valence-electron chi connectivity index (χ0n) is 25.0. The van der Waals surface area contributed by atoms with Crippen LogP contribution in [0.25, 0.3) is 0 Å². The average molecular weight is 603 g/mol. The van der Waals surface area contributed by atoms with E-state index in [1.54, 1.807) is 13.0 Å². The third kappa shape index (κ3) is 3.84. The van der Waals surface area contributed by atoms with Gasteiger partial charge in [0, 0.05) is 22.3 Å². The van der Waals surface area contributed by atoms with Crippen molar-refractivity contribution in [1.29, 1.82) is 0 Å². The lowest BCUT2D eigenvalue weighted by atomic mass is 9.44. The summed E-state index contributed by atoms with van der Waals surface area (Å²) >= 11 is 0. The zero-order chi connectivity index (χ0) is 31.1. The van der Waals surface area contributed by atoms with Crippen LogP contribution in [-0.2, 0) is 32.1 Å². The maximum absolute atomic E-state index is 17.6. The van der Waals surface area contributed by atoms with Gasteiger partial charge in [0.1, 0.15) is 6.61 Å². The largest absolute Gasteiger partial charge is 0.392 e. The minimum atomic E-state index is -2.04. The molecular formula is C36H39FO7. The molecule has 44 heavy (non-hydrogen) atoms. The van der Waals surface area contributed by atoms with Crippen LogP contribution >= 0.6 is 0 Å². The van der Waals surface area contributed by atoms with Gasteiger partial charge in [0.25, 0.3) is 0 Å². The number of Topliss-reactive ketones (excluding diaryl/α,β-unsaturated/α-hetero) is 1. The van der Waals surface area contributed by atoms with Gasteiger partial charge in [-0.2, -0.15) is 0 Å². The Kier molecular flexibility index (Phi) is 6.92. The Hall–Kier alpha value is -3.01. The Bertz CT molecular complexity index is 1580. The van der Waals surface area contributed by atoms with Crippen molar-refractivity contribution in [2.24, 2.45) is 22.7 Å². The first-order valence-electron chi connectivity index (χ1n) is 15.6. The second-order valence-electron chi connectivity index (χ2n) is 13.7. The zero-order valence-corrected chi connectivity index (χ0v) is 25.0. The molecule has 3 N–H and O–H groups in total. The lowest BCUT2D eigenvalue weighted by Gasteiger charge is -2.62. The topological polar surface area (TPSA) is 113 Å². The minimum Gasteiger partial charge on any atom is -0.392 e. The Morgan fingerprint density at radius 2 is 1.84 bits per heavy atom. The quantitative estimate of drug-likeness (QED) is 0.448. The van der Waals surface area contributed by atoms with Crippen molar-refractivity contribution in [3.8, 4) is 0 Å². The monoisotopic (exact) mass is 602 g/mol. The number of benzene rings is 2. The van der Waals surface area contributed by atoms with E-state index in [4.69, 9.17) is 9.47 Å². The summed E-state index contributed by atoms with van der Waals surface area (Å²) in [5.74, 6) is -1.66. The first-order chi connectivity index (χ1) is 21.0. The molecule has 9 atom stereocenters. The van der Waals surface area contributed by atoms with Crippen LogP contribution in [0.15, 0.2) is 72.3 Å². The molecule has 4 aliphatic carbocycles. The summed E-state index contributed by atoms with van der Waals surface area (Å²) in [6, 6.07) is 15.4. The van der Waals surface area contributed by atoms with Crippen LogP contribution in [0, 0.1) is 22.7 Å². The summed E-state index contributed by atoms with van der Waals surface area (Å²) in [6.07, 6.45) is 3.29. The molecule has 3 saturated carbocycles. The number of ether oxygens (including phenoxy) is 2. The van der Waals surface area contributed by atoms with Gasteiger partial charge < -0.3 is 24.8 Å². The van der Waals surface area contributed by atoms with E-state index in [1.165, 1.54) is 12.2 Å². The van der Waals surface area contributed by atoms with Crippen LogP contribution in [0.5, 0.6) is 0 Å². The van der Waals surface area contributed by atoms with E-state index < -0.39 is 58.9 Å². The Morgan fingerprint density at radius 1 is 1.07 bits per heavy atom. The molecule has 1 heterocycles. The van der Waals surface area contributed by atoms with Gasteiger partial charge in [-0.05, 0) is 73.8 Å². The van der Waals surface area contributed by atoms with Crippen molar-refractivity contribution in [3.63, 3.8) is 0 Å². The predicted molar refractivity (Wildman–Crippen MR) is 159 cm³/mol. The molecule has 5 aliphatic rings. The number of allylic oxidation sites excluding steroid dienone is 4. The van der Waals surface area contributed by atoms with Crippen LogP contribution in [0.2, 0.25) is 0 Å². The molecule has 8 heteroatoms. The summed E-state index contributed by atoms with van der Waals surface area (Å²) in [4.78, 5) is 26.0. The smallest absolute Gasteiger partial charge is 0.193 e. The molecule has 1 aliphatic heterocycles. The molecule has 2 aromatic rings. The highest BCUT2D eigenvalue weighted by Gasteiger charge is 2.79. The molecule has 0 unspecified atom stereocenters. The number of ketones is 2. The highest BCUT2D eigenvalue weighted by atomic mass is 19.1. The molecule has 0 amide bonds. The van der Waals surface area contributed by atoms with Crippen LogP contribution in [0.3, 0.4) is 0 Å². The molecule has 4 fully saturated rings. The summed E-state index contributed by atoms with van der Waals surface area (Å²) in [5.41, 5.74) is -1.51. The number of halogens is 1. The van der Waals surface area contributed by atoms with Gasteiger partial charge in [-0.15, -0.1) is 0 Å². The maximum atomic E-state index is 17.6. The SMILES string of the molecule is C[C@]12C=CC(=O)C=C1CC[C@H]1[C@@H]3C[C@H]4O[C@@H](c5cccc(Cc6ccccc6CO)c5)O[C@@]4(C(=O)CO)[C@@]3(C)C[C@H](O)[C@@]12F. The fraction of sp³-hybridized carbons (Fsp3) is 0.500. The van der Waals surface area contributed by atoms with E-state index >= 15 is 4.39 Å². The van der Waals surface area contributed by atoms with Gasteiger partial charge in [-0.25, -0.2) is 4.39 Å². The molecule has 7 rings (SSSR count). The average Bonchev–Trinajstić information content (AvgIpc) is 3.51. The van der Waals surface area contributed by atoms with Crippen molar-refractivity contribution in [2.45, 2.75) is 82.3 Å². The second kappa shape index (κ2) is 10.3. The van der Waals surface area contributed by atoms with E-state index in [0.29, 0.717) is 31.3 Å². The number of fused-ring (bicyclic) bond motifs is 7. The molecule has 232 valence electrons. The highest BCUT2D eigenvalue weighted by Crippen LogP contribution is 2.72. The molecular weight excluding hydrogens is 563 g/mol. The lowest BCUT2D eigenvalue weighted by Crippen LogP contribution is -2.69. The van der Waals surface area contributed by atoms with Crippen molar-refractivity contribution in [2.75, 3.05) is 6.61 Å². The Balaban J connectivity index is 1.23. The first-order valence-corrected chi connectivity index (χ1v) is 15.6. The molecule has 0 aromatic heterocycles. The van der Waals surface area contributed by atoms with Crippen LogP contribution in [0.1, 0.15) is 68.1 Å². The van der Waals surface area contributed by atoms with Gasteiger partial charge in [0.05, 0.1) is 18.8 Å². The van der Waals surface area contributed by atoms with Crippen LogP contribution in [0.4, 0.5) is 4.39 Å². The summed E-state index contributed by atoms with van der Waals surface area (Å²) in [5, 5.41) is 31.7. The number of carbonyl (C=O) groups is 2. The fourth-order valence-electron chi connectivity index (χ4n) is 9.68. The minimum absolute atomic E-state index is 0.0500. The number of aliphatic hydroxyl groups excluding tert-OH is 3. The third-order valence-electron chi connectivity index (χ3n) is 11.8. The predicted octanol–water partition coefficient (Wildman–Crippen LogP) is 4.46. The van der Waals surface area contributed by atoms with Gasteiger partial charge >= 0.3 is 0 Å². The Labute approximate surface area is 256 Å². The summed E-state index contributed by atoms with van der Waals surface area (Å²) in [6.45, 7) is 2.83. The molecule has 0 radical (unpaired) electrons. The molecule has 1 saturated heterocycles. The normalized spacial score (nSPS) is 40.5. The maximum Gasteiger partial charge on any atom is 0.193 e. The second-order valence-corrected chi connectivity index (χ2v) is 13.7. The van der Waals surface area contributed by atoms with Crippen molar-refractivity contribution in [1.82, 2.24) is 0 Å². The molecule has 2 aromatic carbocycles. The van der Waals surface area contributed by atoms with Crippen LogP contribution in [-0.4, -0.2) is 57.0 Å². The van der Waals surface area contributed by atoms with Gasteiger partial charge in [-0.3, -0.25) is 9.59 Å². The van der Waals surface area contributed by atoms with Crippen LogP contribution < -0.4 is 0 Å². The number of rotatable bonds is 6. The van der Waals surface area contributed by atoms with Crippen molar-refractivity contribution in [3.05, 3.63) is 94.6 Å². The van der Waals surface area contributed by atoms with Crippen molar-refractivity contribution < 1.29 is 38.8 Å². The van der Waals surface area contributed by atoms with Gasteiger partial charge in [-0.1, -0.05) is 67.1 Å². The highest BCUT2D eigenvalue weighted by molar-refractivity contribution is 6.01. The third-order valence-corrected chi connectivity index (χ3v) is 11.8. The lowest BCUT2D eigenvalue weighted by molar-refractivity contribution is -0.231. The fourth-order valence-corrected chi connectivity index (χ4v) is 9.68. The Morgan fingerprint density at radius 3 is 2.59 bits per heavy atom. The summed E-state index contributed by atoms with van der Waals surface area (Å²) < 4.78 is 30.8. The molecule has 0 spiro atoms. The number of alkyl halides is 1. The number of hydrogen-bond acceptors (Lipinski definition) is 7. The van der Waals surface area contributed by atoms with E-state index in [-0.39, 0.29) is 24.7 Å². The first kappa shape index (κ1) is 29.7. The van der Waals surface area contributed by atoms with Gasteiger partial charge in [0.2, 0.25) is 0 Å².